The van der Waals surface area contributed by atoms with Gasteiger partial charge in [-0.25, -0.2) is 4.68 Å². The summed E-state index contributed by atoms with van der Waals surface area (Å²) in [5, 5.41) is 11.0. The standard InChI is InChI=1S/C4H6N4OS/c1-3(9)10-4-5-6-7-8(4)2/h1-2H3. The number of nitrogens with zero attached hydrogens (tertiary/aromatic N) is 4. The van der Waals surface area contributed by atoms with Crippen molar-refractivity contribution >= 4 is 16.9 Å². The molecule has 1 aromatic heterocycles. The van der Waals surface area contributed by atoms with Gasteiger partial charge < -0.3 is 0 Å². The maximum absolute atomic E-state index is 10.5. The smallest absolute Gasteiger partial charge is 0.216 e. The zero-order chi connectivity index (χ0) is 7.56. The lowest BCUT2D eigenvalue weighted by atomic mass is 10.9. The molecule has 0 saturated heterocycles. The molecule has 0 aromatic carbocycles. The van der Waals surface area contributed by atoms with E-state index in [0.29, 0.717) is 5.16 Å². The maximum Gasteiger partial charge on any atom is 0.216 e. The van der Waals surface area contributed by atoms with Crippen LogP contribution in [0.3, 0.4) is 0 Å². The molecule has 0 aliphatic carbocycles. The van der Waals surface area contributed by atoms with Crippen molar-refractivity contribution in [2.75, 3.05) is 0 Å². The minimum absolute atomic E-state index is 0.0158. The maximum atomic E-state index is 10.5. The van der Waals surface area contributed by atoms with Gasteiger partial charge in [-0.3, -0.25) is 4.79 Å². The number of thioether (sulfide) groups is 1. The minimum Gasteiger partial charge on any atom is -0.287 e. The number of aromatic nitrogens is 4. The minimum atomic E-state index is -0.0158. The zero-order valence-electron chi connectivity index (χ0n) is 5.61. The van der Waals surface area contributed by atoms with Gasteiger partial charge in [0.05, 0.1) is 0 Å². The highest BCUT2D eigenvalue weighted by Crippen LogP contribution is 2.11. The Balaban J connectivity index is 2.74. The quantitative estimate of drug-likeness (QED) is 0.532. The molecule has 6 heteroatoms. The van der Waals surface area contributed by atoms with E-state index in [2.05, 4.69) is 15.5 Å². The summed E-state index contributed by atoms with van der Waals surface area (Å²) in [4.78, 5) is 10.5. The van der Waals surface area contributed by atoms with Gasteiger partial charge in [0.25, 0.3) is 0 Å². The SMILES string of the molecule is CC(=O)Sc1nnnn1C. The molecule has 54 valence electrons. The van der Waals surface area contributed by atoms with Crippen molar-refractivity contribution in [3.05, 3.63) is 0 Å². The van der Waals surface area contributed by atoms with Crippen LogP contribution in [-0.2, 0) is 11.8 Å². The third-order valence-electron chi connectivity index (χ3n) is 0.816. The summed E-state index contributed by atoms with van der Waals surface area (Å²) in [7, 11) is 1.69. The Labute approximate surface area is 61.8 Å². The molecule has 0 aliphatic heterocycles. The molecule has 0 N–H and O–H groups in total. The van der Waals surface area contributed by atoms with Gasteiger partial charge in [0, 0.05) is 14.0 Å². The van der Waals surface area contributed by atoms with Crippen LogP contribution in [0.2, 0.25) is 0 Å². The van der Waals surface area contributed by atoms with E-state index in [1.807, 2.05) is 0 Å². The van der Waals surface area contributed by atoms with Crippen LogP contribution in [0.15, 0.2) is 5.16 Å². The highest BCUT2D eigenvalue weighted by Gasteiger charge is 2.04. The lowest BCUT2D eigenvalue weighted by Gasteiger charge is -1.90. The monoisotopic (exact) mass is 158 g/mol. The third-order valence-corrected chi connectivity index (χ3v) is 1.63. The molecular weight excluding hydrogens is 152 g/mol. The number of carbonyl (C=O) groups excluding carboxylic acids is 1. The number of carbonyl (C=O) groups is 1. The first kappa shape index (κ1) is 7.20. The average molecular weight is 158 g/mol. The van der Waals surface area contributed by atoms with E-state index in [1.54, 1.807) is 7.05 Å². The molecule has 0 radical (unpaired) electrons. The number of aryl methyl sites for hydroxylation is 1. The molecule has 0 unspecified atom stereocenters. The first-order chi connectivity index (χ1) is 4.70. The van der Waals surface area contributed by atoms with Crippen LogP contribution in [0, 0.1) is 0 Å². The van der Waals surface area contributed by atoms with E-state index in [0.717, 1.165) is 11.8 Å². The lowest BCUT2D eigenvalue weighted by Crippen LogP contribution is -1.94. The van der Waals surface area contributed by atoms with Crippen LogP contribution in [0.1, 0.15) is 6.92 Å². The molecule has 1 heterocycles. The van der Waals surface area contributed by atoms with Crippen molar-refractivity contribution in [2.45, 2.75) is 12.1 Å². The van der Waals surface area contributed by atoms with Gasteiger partial charge in [-0.1, -0.05) is 0 Å². The van der Waals surface area contributed by atoms with Crippen molar-refractivity contribution in [1.82, 2.24) is 20.2 Å². The van der Waals surface area contributed by atoms with Gasteiger partial charge in [-0.2, -0.15) is 0 Å². The molecule has 0 spiro atoms. The molecule has 0 aliphatic rings. The fourth-order valence-corrected chi connectivity index (χ4v) is 0.939. The van der Waals surface area contributed by atoms with Gasteiger partial charge in [0.15, 0.2) is 5.12 Å². The Bertz CT molecular complexity index is 245. The first-order valence-electron chi connectivity index (χ1n) is 2.61. The summed E-state index contributed by atoms with van der Waals surface area (Å²) in [5.74, 6) is 0. The Morgan fingerprint density at radius 1 is 1.70 bits per heavy atom. The molecule has 5 nitrogen and oxygen atoms in total. The molecular formula is C4H6N4OS. The lowest BCUT2D eigenvalue weighted by molar-refractivity contribution is -0.109. The van der Waals surface area contributed by atoms with Gasteiger partial charge >= 0.3 is 0 Å². The molecule has 0 bridgehead atoms. The zero-order valence-corrected chi connectivity index (χ0v) is 6.42. The van der Waals surface area contributed by atoms with Crippen molar-refractivity contribution in [1.29, 1.82) is 0 Å². The van der Waals surface area contributed by atoms with Crippen molar-refractivity contribution in [3.8, 4) is 0 Å². The van der Waals surface area contributed by atoms with E-state index >= 15 is 0 Å². The topological polar surface area (TPSA) is 60.7 Å². The summed E-state index contributed by atoms with van der Waals surface area (Å²) in [6.07, 6.45) is 0. The number of rotatable bonds is 1. The Kier molecular flexibility index (Phi) is 2.00. The van der Waals surface area contributed by atoms with E-state index in [-0.39, 0.29) is 5.12 Å². The Hall–Kier alpha value is -0.910. The second kappa shape index (κ2) is 2.78. The van der Waals surface area contributed by atoms with Crippen LogP contribution in [0.5, 0.6) is 0 Å². The fraction of sp³-hybridized carbons (Fsp3) is 0.500. The average Bonchev–Trinajstić information content (AvgIpc) is 2.15. The van der Waals surface area contributed by atoms with E-state index < -0.39 is 0 Å². The highest BCUT2D eigenvalue weighted by atomic mass is 32.2. The molecule has 10 heavy (non-hydrogen) atoms. The summed E-state index contributed by atoms with van der Waals surface area (Å²) < 4.78 is 1.45. The highest BCUT2D eigenvalue weighted by molar-refractivity contribution is 8.13. The summed E-state index contributed by atoms with van der Waals surface area (Å²) in [6.45, 7) is 1.47. The van der Waals surface area contributed by atoms with Gasteiger partial charge in [-0.15, -0.1) is 5.10 Å². The summed E-state index contributed by atoms with van der Waals surface area (Å²) in [5.41, 5.74) is 0. The predicted octanol–water partition coefficient (Wildman–Crippen LogP) is -0.151. The first-order valence-corrected chi connectivity index (χ1v) is 3.42. The summed E-state index contributed by atoms with van der Waals surface area (Å²) in [6, 6.07) is 0. The normalized spacial score (nSPS) is 9.80. The van der Waals surface area contributed by atoms with Crippen LogP contribution in [-0.4, -0.2) is 25.3 Å². The third kappa shape index (κ3) is 1.53. The predicted molar refractivity (Wildman–Crippen MR) is 35.3 cm³/mol. The molecule has 0 saturated carbocycles. The van der Waals surface area contributed by atoms with Gasteiger partial charge in [-0.05, 0) is 22.2 Å². The van der Waals surface area contributed by atoms with Crippen LogP contribution in [0.25, 0.3) is 0 Å². The largest absolute Gasteiger partial charge is 0.287 e. The van der Waals surface area contributed by atoms with Crippen molar-refractivity contribution in [2.24, 2.45) is 7.05 Å². The van der Waals surface area contributed by atoms with Gasteiger partial charge in [0.1, 0.15) is 0 Å². The Morgan fingerprint density at radius 3 is 2.80 bits per heavy atom. The second-order valence-corrected chi connectivity index (χ2v) is 2.82. The number of hydrogen-bond acceptors (Lipinski definition) is 5. The Morgan fingerprint density at radius 2 is 2.40 bits per heavy atom. The summed E-state index contributed by atoms with van der Waals surface area (Å²) >= 11 is 1.02. The van der Waals surface area contributed by atoms with Crippen LogP contribution in [0.4, 0.5) is 0 Å². The van der Waals surface area contributed by atoms with Crippen molar-refractivity contribution in [3.63, 3.8) is 0 Å². The molecule has 1 rings (SSSR count). The van der Waals surface area contributed by atoms with Crippen LogP contribution >= 0.6 is 11.8 Å². The number of tetrazole rings is 1. The van der Waals surface area contributed by atoms with E-state index in [1.165, 1.54) is 11.6 Å². The fourth-order valence-electron chi connectivity index (χ4n) is 0.436. The van der Waals surface area contributed by atoms with Crippen LogP contribution < -0.4 is 0 Å². The van der Waals surface area contributed by atoms with Gasteiger partial charge in [0.2, 0.25) is 5.16 Å². The second-order valence-electron chi connectivity index (χ2n) is 1.68. The molecule has 1 aromatic rings. The molecule has 0 amide bonds. The molecule has 0 atom stereocenters. The van der Waals surface area contributed by atoms with E-state index in [9.17, 15) is 4.79 Å². The van der Waals surface area contributed by atoms with E-state index in [4.69, 9.17) is 0 Å². The number of hydrogen-bond donors (Lipinski definition) is 0. The van der Waals surface area contributed by atoms with Crippen molar-refractivity contribution < 1.29 is 4.79 Å². The molecule has 0 fully saturated rings.